The maximum Gasteiger partial charge on any atom is 0.270 e. The highest BCUT2D eigenvalue weighted by Gasteiger charge is 2.36. The van der Waals surface area contributed by atoms with Crippen molar-refractivity contribution < 1.29 is 19.1 Å². The number of carbonyl (C=O) groups excluding carboxylic acids is 2. The number of hydrogen-bond acceptors (Lipinski definition) is 5. The molecule has 2 aromatic rings. The van der Waals surface area contributed by atoms with Crippen molar-refractivity contribution in [2.24, 2.45) is 0 Å². The number of hydrogen-bond donors (Lipinski definition) is 1. The number of benzene rings is 2. The molecular weight excluding hydrogens is 503 g/mol. The van der Waals surface area contributed by atoms with E-state index in [0.29, 0.717) is 21.5 Å². The Balaban J connectivity index is 2.11. The minimum atomic E-state index is -0.642. The summed E-state index contributed by atoms with van der Waals surface area (Å²) in [6.45, 7) is 0. The van der Waals surface area contributed by atoms with E-state index in [2.05, 4.69) is 21.2 Å². The third-order valence-electron chi connectivity index (χ3n) is 4.08. The van der Waals surface area contributed by atoms with Crippen LogP contribution >= 0.6 is 51.3 Å². The second-order valence-electron chi connectivity index (χ2n) is 5.76. The molecule has 2 amide bonds. The third kappa shape index (κ3) is 4.11. The summed E-state index contributed by atoms with van der Waals surface area (Å²) in [4.78, 5) is 26.8. The van der Waals surface area contributed by atoms with Crippen molar-refractivity contribution in [1.82, 2.24) is 5.32 Å². The number of rotatable bonds is 4. The van der Waals surface area contributed by atoms with E-state index in [-0.39, 0.29) is 26.4 Å². The highest BCUT2D eigenvalue weighted by atomic mass is 79.9. The predicted octanol–water partition coefficient (Wildman–Crippen LogP) is 4.60. The number of halogens is 3. The smallest absolute Gasteiger partial charge is 0.270 e. The molecule has 0 saturated carbocycles. The quantitative estimate of drug-likeness (QED) is 0.366. The molecule has 1 N–H and O–H groups in total. The van der Waals surface area contributed by atoms with Gasteiger partial charge in [-0.05, 0) is 52.4 Å². The monoisotopic (exact) mass is 514 g/mol. The first kappa shape index (κ1) is 21.6. The van der Waals surface area contributed by atoms with Crippen LogP contribution in [0.2, 0.25) is 10.0 Å². The van der Waals surface area contributed by atoms with Crippen molar-refractivity contribution in [2.75, 3.05) is 19.1 Å². The summed E-state index contributed by atoms with van der Waals surface area (Å²) >= 11 is 20.9. The van der Waals surface area contributed by atoms with Crippen LogP contribution in [-0.4, -0.2) is 31.1 Å². The Morgan fingerprint density at radius 3 is 2.48 bits per heavy atom. The van der Waals surface area contributed by atoms with Crippen LogP contribution in [0.5, 0.6) is 11.5 Å². The number of ether oxygens (including phenoxy) is 2. The lowest BCUT2D eigenvalue weighted by Gasteiger charge is -2.29. The van der Waals surface area contributed by atoms with E-state index in [1.807, 2.05) is 0 Å². The molecule has 1 fully saturated rings. The molecule has 1 aliphatic heterocycles. The van der Waals surface area contributed by atoms with Crippen LogP contribution in [0.25, 0.3) is 6.08 Å². The van der Waals surface area contributed by atoms with E-state index >= 15 is 0 Å². The molecule has 0 aromatic heterocycles. The van der Waals surface area contributed by atoms with Crippen molar-refractivity contribution in [3.8, 4) is 11.5 Å². The van der Waals surface area contributed by atoms with Crippen LogP contribution in [0.1, 0.15) is 5.56 Å². The van der Waals surface area contributed by atoms with Crippen LogP contribution in [0.3, 0.4) is 0 Å². The second kappa shape index (κ2) is 8.71. The fraction of sp³-hybridized carbons (Fsp3) is 0.105. The normalized spacial score (nSPS) is 15.6. The van der Waals surface area contributed by atoms with Crippen LogP contribution in [0, 0.1) is 0 Å². The molecule has 10 heteroatoms. The Morgan fingerprint density at radius 1 is 1.14 bits per heavy atom. The zero-order chi connectivity index (χ0) is 21.3. The molecule has 6 nitrogen and oxygen atoms in total. The molecule has 0 radical (unpaired) electrons. The molecule has 0 unspecified atom stereocenters. The first-order chi connectivity index (χ1) is 13.8. The maximum atomic E-state index is 13.2. The lowest BCUT2D eigenvalue weighted by atomic mass is 10.1. The summed E-state index contributed by atoms with van der Waals surface area (Å²) in [7, 11) is 2.99. The van der Waals surface area contributed by atoms with Gasteiger partial charge in [0.25, 0.3) is 11.8 Å². The average molecular weight is 516 g/mol. The van der Waals surface area contributed by atoms with Gasteiger partial charge in [-0.2, -0.15) is 0 Å². The molecule has 150 valence electrons. The molecule has 0 aliphatic carbocycles. The highest BCUT2D eigenvalue weighted by molar-refractivity contribution is 9.10. The number of thiocarbonyl (C=S) groups is 1. The minimum Gasteiger partial charge on any atom is -0.496 e. The van der Waals surface area contributed by atoms with Gasteiger partial charge in [-0.15, -0.1) is 0 Å². The van der Waals surface area contributed by atoms with Crippen molar-refractivity contribution in [2.45, 2.75) is 0 Å². The zero-order valence-corrected chi connectivity index (χ0v) is 19.0. The van der Waals surface area contributed by atoms with E-state index in [1.54, 1.807) is 30.3 Å². The predicted molar refractivity (Wildman–Crippen MR) is 120 cm³/mol. The summed E-state index contributed by atoms with van der Waals surface area (Å²) in [5.74, 6) is -0.323. The van der Waals surface area contributed by atoms with Gasteiger partial charge in [-0.3, -0.25) is 19.8 Å². The van der Waals surface area contributed by atoms with E-state index in [9.17, 15) is 9.59 Å². The largest absolute Gasteiger partial charge is 0.496 e. The second-order valence-corrected chi connectivity index (χ2v) is 7.79. The van der Waals surface area contributed by atoms with Gasteiger partial charge < -0.3 is 9.47 Å². The molecule has 0 atom stereocenters. The summed E-state index contributed by atoms with van der Waals surface area (Å²) < 4.78 is 11.2. The standard InChI is InChI=1S/C19H13BrCl2N2O4S/c1-27-14-8-15(28-2)11(20)7-9(14)6-10-17(25)23-19(29)24(18(10)26)13-5-3-4-12(21)16(13)22/h3-8H,1-2H3,(H,23,25,29)/b10-6+. The fourth-order valence-corrected chi connectivity index (χ4v) is 3.87. The molecular formula is C19H13BrCl2N2O4S. The van der Waals surface area contributed by atoms with Crippen molar-refractivity contribution in [3.05, 3.63) is 56.0 Å². The topological polar surface area (TPSA) is 67.9 Å². The molecule has 3 rings (SSSR count). The van der Waals surface area contributed by atoms with Crippen molar-refractivity contribution in [3.63, 3.8) is 0 Å². The van der Waals surface area contributed by atoms with Crippen LogP contribution in [0.15, 0.2) is 40.4 Å². The van der Waals surface area contributed by atoms with Gasteiger partial charge in [0, 0.05) is 11.6 Å². The molecule has 1 aliphatic rings. The average Bonchev–Trinajstić information content (AvgIpc) is 2.68. The molecule has 0 spiro atoms. The minimum absolute atomic E-state index is 0.0933. The molecule has 29 heavy (non-hydrogen) atoms. The summed E-state index contributed by atoms with van der Waals surface area (Å²) in [5, 5.41) is 2.80. The number of nitrogens with zero attached hydrogens (tertiary/aromatic N) is 1. The van der Waals surface area contributed by atoms with Crippen molar-refractivity contribution >= 4 is 80.0 Å². The lowest BCUT2D eigenvalue weighted by Crippen LogP contribution is -2.54. The summed E-state index contributed by atoms with van der Waals surface area (Å²) in [5.41, 5.74) is 0.608. The summed E-state index contributed by atoms with van der Waals surface area (Å²) in [6.07, 6.45) is 1.41. The van der Waals surface area contributed by atoms with Crippen LogP contribution < -0.4 is 19.7 Å². The Labute approximate surface area is 190 Å². The van der Waals surface area contributed by atoms with Crippen LogP contribution in [0.4, 0.5) is 5.69 Å². The van der Waals surface area contributed by atoms with E-state index in [0.717, 1.165) is 4.90 Å². The maximum absolute atomic E-state index is 13.2. The first-order valence-electron chi connectivity index (χ1n) is 8.05. The SMILES string of the molecule is COc1cc(OC)c(/C=C2\C(=O)NC(=S)N(c3cccc(Cl)c3Cl)C2=O)cc1Br. The number of nitrogens with one attached hydrogen (secondary N) is 1. The number of carbonyl (C=O) groups is 2. The Morgan fingerprint density at radius 2 is 1.83 bits per heavy atom. The highest BCUT2D eigenvalue weighted by Crippen LogP contribution is 2.36. The van der Waals surface area contributed by atoms with Gasteiger partial charge in [0.05, 0.1) is 34.4 Å². The first-order valence-corrected chi connectivity index (χ1v) is 10.0. The molecule has 1 heterocycles. The van der Waals surface area contributed by atoms with E-state index in [4.69, 9.17) is 44.9 Å². The number of amides is 2. The third-order valence-corrected chi connectivity index (χ3v) is 5.79. The molecule has 0 bridgehead atoms. The molecule has 1 saturated heterocycles. The summed E-state index contributed by atoms with van der Waals surface area (Å²) in [6, 6.07) is 8.10. The Kier molecular flexibility index (Phi) is 6.48. The van der Waals surface area contributed by atoms with Gasteiger partial charge >= 0.3 is 0 Å². The Hall–Kier alpha value is -2.13. The van der Waals surface area contributed by atoms with Gasteiger partial charge in [0.15, 0.2) is 5.11 Å². The van der Waals surface area contributed by atoms with E-state index in [1.165, 1.54) is 20.3 Å². The zero-order valence-electron chi connectivity index (χ0n) is 15.1. The van der Waals surface area contributed by atoms with Gasteiger partial charge in [0.1, 0.15) is 17.1 Å². The Bertz CT molecular complexity index is 1070. The van der Waals surface area contributed by atoms with E-state index < -0.39 is 11.8 Å². The molecule has 2 aromatic carbocycles. The van der Waals surface area contributed by atoms with Gasteiger partial charge in [-0.1, -0.05) is 29.3 Å². The fourth-order valence-electron chi connectivity index (χ4n) is 2.69. The van der Waals surface area contributed by atoms with Gasteiger partial charge in [0.2, 0.25) is 0 Å². The number of methoxy groups -OCH3 is 2. The van der Waals surface area contributed by atoms with Crippen molar-refractivity contribution in [1.29, 1.82) is 0 Å². The van der Waals surface area contributed by atoms with Crippen LogP contribution in [-0.2, 0) is 9.59 Å². The lowest BCUT2D eigenvalue weighted by molar-refractivity contribution is -0.122. The number of anilines is 1. The van der Waals surface area contributed by atoms with Gasteiger partial charge in [-0.25, -0.2) is 0 Å².